The average molecular weight is 102 g/mol. The van der Waals surface area contributed by atoms with Gasteiger partial charge in [-0.25, -0.2) is 0 Å². The van der Waals surface area contributed by atoms with Crippen LogP contribution in [0.1, 0.15) is 6.92 Å². The van der Waals surface area contributed by atoms with Gasteiger partial charge in [-0.2, -0.15) is 0 Å². The first-order valence-electron chi connectivity index (χ1n) is 2.17. The second kappa shape index (κ2) is 3.46. The van der Waals surface area contributed by atoms with Crippen molar-refractivity contribution in [3.63, 3.8) is 0 Å². The number of rotatable bonds is 1. The highest BCUT2D eigenvalue weighted by Gasteiger charge is 1.83. The lowest BCUT2D eigenvalue weighted by molar-refractivity contribution is 0.377. The lowest BCUT2D eigenvalue weighted by Gasteiger charge is -1.99. The van der Waals surface area contributed by atoms with Crippen LogP contribution in [-0.4, -0.2) is 19.7 Å². The molecule has 0 aromatic carbocycles. The Morgan fingerprint density at radius 3 is 2.57 bits per heavy atom. The predicted molar refractivity (Wildman–Crippen MR) is 28.4 cm³/mol. The molecule has 0 rings (SSSR count). The third kappa shape index (κ3) is 3.09. The molecule has 42 valence electrons. The van der Waals surface area contributed by atoms with E-state index < -0.39 is 0 Å². The Morgan fingerprint density at radius 2 is 2.43 bits per heavy atom. The van der Waals surface area contributed by atoms with Gasteiger partial charge in [-0.05, 0) is 6.92 Å². The molecule has 7 heavy (non-hydrogen) atoms. The van der Waals surface area contributed by atoms with Gasteiger partial charge in [0, 0.05) is 6.54 Å². The van der Waals surface area contributed by atoms with Crippen molar-refractivity contribution in [3.8, 4) is 0 Å². The van der Waals surface area contributed by atoms with E-state index >= 15 is 0 Å². The molecule has 0 bridgehead atoms. The second-order valence-corrected chi connectivity index (χ2v) is 1.06. The summed E-state index contributed by atoms with van der Waals surface area (Å²) >= 11 is 0. The van der Waals surface area contributed by atoms with Gasteiger partial charge >= 0.3 is 0 Å². The van der Waals surface area contributed by atoms with Gasteiger partial charge in [0.05, 0.1) is 7.11 Å². The van der Waals surface area contributed by atoms with Crippen molar-refractivity contribution >= 4 is 6.02 Å². The van der Waals surface area contributed by atoms with Crippen molar-refractivity contribution < 1.29 is 4.74 Å². The van der Waals surface area contributed by atoms with E-state index in [1.54, 1.807) is 0 Å². The Hall–Kier alpha value is -0.730. The van der Waals surface area contributed by atoms with Crippen LogP contribution in [0.15, 0.2) is 0 Å². The van der Waals surface area contributed by atoms with Gasteiger partial charge in [-0.15, -0.1) is 0 Å². The molecule has 0 aliphatic heterocycles. The third-order valence-electron chi connectivity index (χ3n) is 0.541. The van der Waals surface area contributed by atoms with E-state index in [1.807, 2.05) is 6.92 Å². The molecule has 0 atom stereocenters. The van der Waals surface area contributed by atoms with Crippen molar-refractivity contribution in [1.82, 2.24) is 5.32 Å². The third-order valence-corrected chi connectivity index (χ3v) is 0.541. The van der Waals surface area contributed by atoms with Gasteiger partial charge in [0.1, 0.15) is 0 Å². The molecule has 2 N–H and O–H groups in total. The van der Waals surface area contributed by atoms with Crippen LogP contribution >= 0.6 is 0 Å². The van der Waals surface area contributed by atoms with Crippen LogP contribution in [0.5, 0.6) is 0 Å². The molecule has 0 aromatic heterocycles. The molecule has 0 aliphatic rings. The van der Waals surface area contributed by atoms with Crippen LogP contribution in [0.3, 0.4) is 0 Å². The molecule has 3 nitrogen and oxygen atoms in total. The van der Waals surface area contributed by atoms with E-state index in [0.29, 0.717) is 0 Å². The van der Waals surface area contributed by atoms with Crippen LogP contribution < -0.4 is 5.32 Å². The Kier molecular flexibility index (Phi) is 3.10. The molecule has 0 aliphatic carbocycles. The minimum atomic E-state index is 0.127. The van der Waals surface area contributed by atoms with Gasteiger partial charge in [0.15, 0.2) is 0 Å². The average Bonchev–Trinajstić information content (AvgIpc) is 1.68. The van der Waals surface area contributed by atoms with Crippen LogP contribution in [0.25, 0.3) is 0 Å². The number of methoxy groups -OCH3 is 1. The molecule has 0 heterocycles. The summed E-state index contributed by atoms with van der Waals surface area (Å²) in [5.41, 5.74) is 0. The first-order valence-corrected chi connectivity index (χ1v) is 2.17. The zero-order valence-corrected chi connectivity index (χ0v) is 4.62. The van der Waals surface area contributed by atoms with Gasteiger partial charge in [-0.1, -0.05) is 0 Å². The van der Waals surface area contributed by atoms with E-state index in [4.69, 9.17) is 5.41 Å². The fourth-order valence-electron chi connectivity index (χ4n) is 0.233. The number of ether oxygens (including phenoxy) is 1. The van der Waals surface area contributed by atoms with E-state index in [2.05, 4.69) is 10.1 Å². The van der Waals surface area contributed by atoms with Gasteiger partial charge in [-0.3, -0.25) is 5.41 Å². The molecular weight excluding hydrogens is 92.1 g/mol. The molecule has 0 unspecified atom stereocenters. The van der Waals surface area contributed by atoms with E-state index in [0.717, 1.165) is 6.54 Å². The molecule has 0 aromatic rings. The zero-order chi connectivity index (χ0) is 5.70. The Labute approximate surface area is 43.2 Å². The van der Waals surface area contributed by atoms with Crippen molar-refractivity contribution in [2.24, 2.45) is 0 Å². The number of hydrogen-bond acceptors (Lipinski definition) is 2. The highest BCUT2D eigenvalue weighted by molar-refractivity contribution is 5.69. The predicted octanol–water partition coefficient (Wildman–Crippen LogP) is 0.177. The van der Waals surface area contributed by atoms with E-state index in [-0.39, 0.29) is 6.02 Å². The molecule has 0 radical (unpaired) electrons. The zero-order valence-electron chi connectivity index (χ0n) is 4.62. The molecule has 0 spiro atoms. The summed E-state index contributed by atoms with van der Waals surface area (Å²) in [4.78, 5) is 0. The summed E-state index contributed by atoms with van der Waals surface area (Å²) in [6.07, 6.45) is 0. The lowest BCUT2D eigenvalue weighted by Crippen LogP contribution is -2.22. The maximum atomic E-state index is 6.80. The second-order valence-electron chi connectivity index (χ2n) is 1.06. The van der Waals surface area contributed by atoms with Crippen molar-refractivity contribution in [2.75, 3.05) is 13.7 Å². The minimum absolute atomic E-state index is 0.127. The molecular formula is C4H10N2O. The first kappa shape index (κ1) is 6.27. The highest BCUT2D eigenvalue weighted by Crippen LogP contribution is 1.62. The summed E-state index contributed by atoms with van der Waals surface area (Å²) < 4.78 is 4.46. The van der Waals surface area contributed by atoms with Crippen LogP contribution in [0.2, 0.25) is 0 Å². The Balaban J connectivity index is 3.00. The highest BCUT2D eigenvalue weighted by atomic mass is 16.5. The van der Waals surface area contributed by atoms with Crippen molar-refractivity contribution in [1.29, 1.82) is 5.41 Å². The minimum Gasteiger partial charge on any atom is -0.469 e. The number of hydrogen-bond donors (Lipinski definition) is 2. The smallest absolute Gasteiger partial charge is 0.281 e. The molecule has 0 amide bonds. The molecule has 0 saturated carbocycles. The normalized spacial score (nSPS) is 7.71. The Bertz CT molecular complexity index is 62.7. The monoisotopic (exact) mass is 102 g/mol. The van der Waals surface area contributed by atoms with Gasteiger partial charge in [0.25, 0.3) is 6.02 Å². The van der Waals surface area contributed by atoms with Gasteiger partial charge < -0.3 is 10.1 Å². The van der Waals surface area contributed by atoms with Crippen LogP contribution in [-0.2, 0) is 4.74 Å². The van der Waals surface area contributed by atoms with Crippen molar-refractivity contribution in [3.05, 3.63) is 0 Å². The maximum Gasteiger partial charge on any atom is 0.281 e. The SMILES string of the molecule is CCNC(=N)OC. The van der Waals surface area contributed by atoms with E-state index in [9.17, 15) is 0 Å². The Morgan fingerprint density at radius 1 is 1.86 bits per heavy atom. The number of nitrogens with one attached hydrogen (secondary N) is 2. The summed E-state index contributed by atoms with van der Waals surface area (Å²) in [6, 6.07) is 0.127. The molecule has 3 heteroatoms. The fourth-order valence-corrected chi connectivity index (χ4v) is 0.233. The lowest BCUT2D eigenvalue weighted by atomic mass is 10.7. The summed E-state index contributed by atoms with van der Waals surface area (Å²) in [5.74, 6) is 0. The number of amidine groups is 1. The quantitative estimate of drug-likeness (QED) is 0.366. The van der Waals surface area contributed by atoms with Gasteiger partial charge in [0.2, 0.25) is 0 Å². The molecule has 0 fully saturated rings. The van der Waals surface area contributed by atoms with E-state index in [1.165, 1.54) is 7.11 Å². The summed E-state index contributed by atoms with van der Waals surface area (Å²) in [7, 11) is 1.46. The maximum absolute atomic E-state index is 6.80. The summed E-state index contributed by atoms with van der Waals surface area (Å²) in [5, 5.41) is 9.46. The first-order chi connectivity index (χ1) is 3.31. The largest absolute Gasteiger partial charge is 0.469 e. The summed E-state index contributed by atoms with van der Waals surface area (Å²) in [6.45, 7) is 2.65. The van der Waals surface area contributed by atoms with Crippen molar-refractivity contribution in [2.45, 2.75) is 6.92 Å². The van der Waals surface area contributed by atoms with Crippen LogP contribution in [0.4, 0.5) is 0 Å². The molecule has 0 saturated heterocycles. The topological polar surface area (TPSA) is 45.1 Å². The fraction of sp³-hybridized carbons (Fsp3) is 0.750. The van der Waals surface area contributed by atoms with Crippen LogP contribution in [0, 0.1) is 5.41 Å². The standard InChI is InChI=1S/C4H10N2O/c1-3-6-4(5)7-2/h3H2,1-2H3,(H2,5,6).